The summed E-state index contributed by atoms with van der Waals surface area (Å²) in [5.41, 5.74) is 2.91. The Morgan fingerprint density at radius 3 is 2.95 bits per heavy atom. The van der Waals surface area contributed by atoms with Gasteiger partial charge in [0.05, 0.1) is 0 Å². The molecule has 5 heteroatoms. The van der Waals surface area contributed by atoms with Gasteiger partial charge in [0.15, 0.2) is 0 Å². The Balaban J connectivity index is 1.67. The average Bonchev–Trinajstić information content (AvgIpc) is 2.97. The van der Waals surface area contributed by atoms with E-state index in [0.29, 0.717) is 12.2 Å². The zero-order valence-corrected chi connectivity index (χ0v) is 12.2. The molecular weight excluding hydrogens is 264 g/mol. The number of amides is 1. The predicted molar refractivity (Wildman–Crippen MR) is 82.3 cm³/mol. The molecule has 2 aromatic rings. The molecule has 0 radical (unpaired) electrons. The second-order valence-electron chi connectivity index (χ2n) is 5.23. The second kappa shape index (κ2) is 5.99. The molecule has 1 aliphatic heterocycles. The maximum absolute atomic E-state index is 12.2. The van der Waals surface area contributed by atoms with Gasteiger partial charge in [-0.25, -0.2) is 4.98 Å². The number of carbonyl (C=O) groups excluding carboxylic acids is 1. The summed E-state index contributed by atoms with van der Waals surface area (Å²) < 4.78 is 2.00. The largest absolute Gasteiger partial charge is 0.356 e. The maximum Gasteiger partial charge on any atom is 0.271 e. The van der Waals surface area contributed by atoms with Crippen LogP contribution in [0.1, 0.15) is 35.0 Å². The Morgan fingerprint density at radius 2 is 2.19 bits per heavy atom. The summed E-state index contributed by atoms with van der Waals surface area (Å²) in [4.78, 5) is 16.6. The first-order valence-corrected chi connectivity index (χ1v) is 7.44. The normalized spacial score (nSPS) is 13.4. The lowest BCUT2D eigenvalue weighted by Crippen LogP contribution is -2.23. The lowest BCUT2D eigenvalue weighted by Gasteiger charge is -2.14. The molecule has 1 aromatic carbocycles. The molecule has 110 valence electrons. The number of aryl methyl sites for hydroxylation is 2. The third kappa shape index (κ3) is 2.91. The number of anilines is 1. The van der Waals surface area contributed by atoms with E-state index in [2.05, 4.69) is 34.7 Å². The van der Waals surface area contributed by atoms with Crippen LogP contribution in [0.4, 0.5) is 5.95 Å². The number of fused-ring (bicyclic) bond motifs is 1. The van der Waals surface area contributed by atoms with Gasteiger partial charge in [-0.2, -0.15) is 0 Å². The standard InChI is InChI=1S/C16H20N4O/c1-2-12-6-3-4-7-13(12)10-18-15(21)14-11-20-9-5-8-17-16(20)19-14/h3-4,6-7,11H,2,5,8-10H2,1H3,(H,17,19)(H,18,21). The Bertz CT molecular complexity index is 624. The van der Waals surface area contributed by atoms with Crippen molar-refractivity contribution in [2.45, 2.75) is 32.9 Å². The molecule has 2 heterocycles. The van der Waals surface area contributed by atoms with Crippen molar-refractivity contribution in [3.63, 3.8) is 0 Å². The van der Waals surface area contributed by atoms with Crippen molar-refractivity contribution in [1.82, 2.24) is 14.9 Å². The van der Waals surface area contributed by atoms with Gasteiger partial charge in [-0.15, -0.1) is 0 Å². The molecule has 0 saturated heterocycles. The van der Waals surface area contributed by atoms with Gasteiger partial charge < -0.3 is 15.2 Å². The van der Waals surface area contributed by atoms with E-state index in [0.717, 1.165) is 37.4 Å². The smallest absolute Gasteiger partial charge is 0.271 e. The highest BCUT2D eigenvalue weighted by Gasteiger charge is 2.16. The molecular formula is C16H20N4O. The van der Waals surface area contributed by atoms with E-state index < -0.39 is 0 Å². The topological polar surface area (TPSA) is 59.0 Å². The molecule has 1 aliphatic rings. The van der Waals surface area contributed by atoms with E-state index in [-0.39, 0.29) is 5.91 Å². The quantitative estimate of drug-likeness (QED) is 0.905. The maximum atomic E-state index is 12.2. The summed E-state index contributed by atoms with van der Waals surface area (Å²) >= 11 is 0. The molecule has 0 saturated carbocycles. The van der Waals surface area contributed by atoms with Gasteiger partial charge in [0, 0.05) is 25.8 Å². The zero-order chi connectivity index (χ0) is 14.7. The molecule has 0 bridgehead atoms. The average molecular weight is 284 g/mol. The number of aromatic nitrogens is 2. The number of hydrogen-bond acceptors (Lipinski definition) is 3. The number of carbonyl (C=O) groups is 1. The van der Waals surface area contributed by atoms with Crippen molar-refractivity contribution in [3.05, 3.63) is 47.3 Å². The van der Waals surface area contributed by atoms with Crippen LogP contribution in [0.25, 0.3) is 0 Å². The minimum Gasteiger partial charge on any atom is -0.356 e. The van der Waals surface area contributed by atoms with Gasteiger partial charge in [0.25, 0.3) is 5.91 Å². The molecule has 0 atom stereocenters. The van der Waals surface area contributed by atoms with Crippen LogP contribution in [-0.2, 0) is 19.5 Å². The third-order valence-corrected chi connectivity index (χ3v) is 3.81. The Kier molecular flexibility index (Phi) is 3.90. The Labute approximate surface area is 124 Å². The van der Waals surface area contributed by atoms with Crippen LogP contribution < -0.4 is 10.6 Å². The number of rotatable bonds is 4. The molecule has 0 spiro atoms. The fourth-order valence-corrected chi connectivity index (χ4v) is 2.63. The monoisotopic (exact) mass is 284 g/mol. The first-order valence-electron chi connectivity index (χ1n) is 7.44. The summed E-state index contributed by atoms with van der Waals surface area (Å²) in [5.74, 6) is 0.671. The van der Waals surface area contributed by atoms with Gasteiger partial charge in [-0.05, 0) is 24.0 Å². The summed E-state index contributed by atoms with van der Waals surface area (Å²) in [6.07, 6.45) is 3.85. The number of hydrogen-bond donors (Lipinski definition) is 2. The zero-order valence-electron chi connectivity index (χ0n) is 12.2. The minimum atomic E-state index is -0.121. The van der Waals surface area contributed by atoms with Crippen LogP contribution in [0.3, 0.4) is 0 Å². The molecule has 0 fully saturated rings. The van der Waals surface area contributed by atoms with Crippen molar-refractivity contribution in [3.8, 4) is 0 Å². The summed E-state index contributed by atoms with van der Waals surface area (Å²) in [5, 5.41) is 6.16. The minimum absolute atomic E-state index is 0.121. The highest BCUT2D eigenvalue weighted by Crippen LogP contribution is 2.14. The van der Waals surface area contributed by atoms with Gasteiger partial charge in [0.2, 0.25) is 5.95 Å². The SMILES string of the molecule is CCc1ccccc1CNC(=O)c1cn2c(n1)NCCC2. The van der Waals surface area contributed by atoms with E-state index in [1.165, 1.54) is 5.56 Å². The highest BCUT2D eigenvalue weighted by molar-refractivity contribution is 5.92. The van der Waals surface area contributed by atoms with Crippen molar-refractivity contribution < 1.29 is 4.79 Å². The summed E-state index contributed by atoms with van der Waals surface area (Å²) in [7, 11) is 0. The molecule has 1 aromatic heterocycles. The van der Waals surface area contributed by atoms with Crippen molar-refractivity contribution in [2.75, 3.05) is 11.9 Å². The fraction of sp³-hybridized carbons (Fsp3) is 0.375. The van der Waals surface area contributed by atoms with Crippen molar-refractivity contribution in [2.24, 2.45) is 0 Å². The molecule has 1 amide bonds. The Morgan fingerprint density at radius 1 is 1.38 bits per heavy atom. The highest BCUT2D eigenvalue weighted by atomic mass is 16.1. The fourth-order valence-electron chi connectivity index (χ4n) is 2.63. The summed E-state index contributed by atoms with van der Waals surface area (Å²) in [6.45, 7) is 4.50. The van der Waals surface area contributed by atoms with Crippen LogP contribution >= 0.6 is 0 Å². The third-order valence-electron chi connectivity index (χ3n) is 3.81. The van der Waals surface area contributed by atoms with E-state index in [1.807, 2.05) is 22.9 Å². The predicted octanol–water partition coefficient (Wildman–Crippen LogP) is 2.19. The molecule has 2 N–H and O–H groups in total. The van der Waals surface area contributed by atoms with Crippen molar-refractivity contribution in [1.29, 1.82) is 0 Å². The molecule has 3 rings (SSSR count). The molecule has 0 unspecified atom stereocenters. The van der Waals surface area contributed by atoms with Crippen LogP contribution in [0.2, 0.25) is 0 Å². The van der Waals surface area contributed by atoms with E-state index >= 15 is 0 Å². The van der Waals surface area contributed by atoms with Crippen molar-refractivity contribution >= 4 is 11.9 Å². The second-order valence-corrected chi connectivity index (χ2v) is 5.23. The van der Waals surface area contributed by atoms with Gasteiger partial charge in [0.1, 0.15) is 5.69 Å². The molecule has 0 aliphatic carbocycles. The van der Waals surface area contributed by atoms with Crippen LogP contribution in [0.5, 0.6) is 0 Å². The van der Waals surface area contributed by atoms with E-state index in [1.54, 1.807) is 0 Å². The van der Waals surface area contributed by atoms with E-state index in [9.17, 15) is 4.79 Å². The number of imidazole rings is 1. The van der Waals surface area contributed by atoms with Crippen LogP contribution in [-0.4, -0.2) is 22.0 Å². The van der Waals surface area contributed by atoms with Gasteiger partial charge in [-0.1, -0.05) is 31.2 Å². The molecule has 5 nitrogen and oxygen atoms in total. The Hall–Kier alpha value is -2.30. The first kappa shape index (κ1) is 13.7. The number of nitrogens with zero attached hydrogens (tertiary/aromatic N) is 2. The molecule has 21 heavy (non-hydrogen) atoms. The van der Waals surface area contributed by atoms with Crippen LogP contribution in [0.15, 0.2) is 30.5 Å². The number of benzene rings is 1. The van der Waals surface area contributed by atoms with E-state index in [4.69, 9.17) is 0 Å². The van der Waals surface area contributed by atoms with Gasteiger partial charge in [-0.3, -0.25) is 4.79 Å². The van der Waals surface area contributed by atoms with Crippen LogP contribution in [0, 0.1) is 0 Å². The lowest BCUT2D eigenvalue weighted by atomic mass is 10.1. The number of nitrogens with one attached hydrogen (secondary N) is 2. The van der Waals surface area contributed by atoms with Gasteiger partial charge >= 0.3 is 0 Å². The lowest BCUT2D eigenvalue weighted by molar-refractivity contribution is 0.0946. The summed E-state index contributed by atoms with van der Waals surface area (Å²) in [6, 6.07) is 8.18. The first-order chi connectivity index (χ1) is 10.3.